The highest BCUT2D eigenvalue weighted by molar-refractivity contribution is 7.89. The number of piperidine rings is 1. The monoisotopic (exact) mass is 479 g/mol. The molecule has 9 nitrogen and oxygen atoms in total. The third-order valence-corrected chi connectivity index (χ3v) is 7.65. The van der Waals surface area contributed by atoms with Crippen molar-refractivity contribution in [3.63, 3.8) is 0 Å². The van der Waals surface area contributed by atoms with Crippen molar-refractivity contribution in [3.8, 4) is 11.5 Å². The highest BCUT2D eigenvalue weighted by Gasteiger charge is 2.34. The molecule has 2 heterocycles. The molecule has 0 saturated carbocycles. The maximum Gasteiger partial charge on any atom is 0.358 e. The quantitative estimate of drug-likeness (QED) is 0.561. The Hall–Kier alpha value is -2.59. The van der Waals surface area contributed by atoms with Crippen LogP contribution in [0.2, 0.25) is 0 Å². The molecule has 0 unspecified atom stereocenters. The molecule has 0 N–H and O–H groups in total. The van der Waals surface area contributed by atoms with Crippen molar-refractivity contribution >= 4 is 16.0 Å². The molecule has 0 spiro atoms. The van der Waals surface area contributed by atoms with Crippen molar-refractivity contribution in [2.75, 3.05) is 33.9 Å². The van der Waals surface area contributed by atoms with Crippen molar-refractivity contribution < 1.29 is 27.4 Å². The summed E-state index contributed by atoms with van der Waals surface area (Å²) in [5.41, 5.74) is 0.967. The van der Waals surface area contributed by atoms with Gasteiger partial charge in [0, 0.05) is 30.3 Å². The van der Waals surface area contributed by atoms with Crippen molar-refractivity contribution in [1.82, 2.24) is 14.1 Å². The van der Waals surface area contributed by atoms with Crippen LogP contribution in [0.15, 0.2) is 29.2 Å². The Morgan fingerprint density at radius 1 is 1.09 bits per heavy atom. The number of sulfonamides is 1. The van der Waals surface area contributed by atoms with Gasteiger partial charge in [-0.3, -0.25) is 4.68 Å². The molecule has 0 atom stereocenters. The SMILES string of the molecule is CCOC(=O)c1cc(C(C)(C)C)n(C2CCN(S(=O)(=O)c3ccc(OC)c(OC)c3)CC2)n1. The van der Waals surface area contributed by atoms with Crippen LogP contribution in [-0.4, -0.2) is 62.4 Å². The minimum atomic E-state index is -3.69. The molecule has 0 bridgehead atoms. The van der Waals surface area contributed by atoms with Gasteiger partial charge in [-0.25, -0.2) is 13.2 Å². The smallest absolute Gasteiger partial charge is 0.358 e. The van der Waals surface area contributed by atoms with E-state index in [4.69, 9.17) is 14.2 Å². The zero-order valence-corrected chi connectivity index (χ0v) is 20.9. The van der Waals surface area contributed by atoms with Crippen LogP contribution >= 0.6 is 0 Å². The number of carbonyl (C=O) groups is 1. The van der Waals surface area contributed by atoms with E-state index in [9.17, 15) is 13.2 Å². The van der Waals surface area contributed by atoms with Crippen LogP contribution in [0.3, 0.4) is 0 Å². The van der Waals surface area contributed by atoms with E-state index in [2.05, 4.69) is 25.9 Å². The Bertz CT molecular complexity index is 1100. The van der Waals surface area contributed by atoms with E-state index in [1.54, 1.807) is 19.1 Å². The summed E-state index contributed by atoms with van der Waals surface area (Å²) in [6.07, 6.45) is 1.17. The van der Waals surface area contributed by atoms with Crippen LogP contribution in [0.4, 0.5) is 0 Å². The van der Waals surface area contributed by atoms with Crippen LogP contribution in [0.1, 0.15) is 62.8 Å². The molecule has 1 saturated heterocycles. The second kappa shape index (κ2) is 9.72. The lowest BCUT2D eigenvalue weighted by Gasteiger charge is -2.33. The second-order valence-electron chi connectivity index (χ2n) is 8.98. The van der Waals surface area contributed by atoms with Crippen molar-refractivity contribution in [2.45, 2.75) is 56.9 Å². The zero-order valence-electron chi connectivity index (χ0n) is 20.1. The largest absolute Gasteiger partial charge is 0.493 e. The third-order valence-electron chi connectivity index (χ3n) is 5.75. The van der Waals surface area contributed by atoms with E-state index in [-0.39, 0.29) is 28.7 Å². The lowest BCUT2D eigenvalue weighted by atomic mass is 9.91. The van der Waals surface area contributed by atoms with Gasteiger partial charge in [0.25, 0.3) is 0 Å². The predicted octanol–water partition coefficient (Wildman–Crippen LogP) is 3.40. The van der Waals surface area contributed by atoms with E-state index in [1.165, 1.54) is 30.7 Å². The van der Waals surface area contributed by atoms with Crippen LogP contribution in [0.25, 0.3) is 0 Å². The number of rotatable bonds is 7. The summed E-state index contributed by atoms with van der Waals surface area (Å²) in [5, 5.41) is 4.55. The average molecular weight is 480 g/mol. The molecule has 1 fully saturated rings. The van der Waals surface area contributed by atoms with Gasteiger partial charge < -0.3 is 14.2 Å². The fourth-order valence-corrected chi connectivity index (χ4v) is 5.48. The topological polar surface area (TPSA) is 100.0 Å². The number of ether oxygens (including phenoxy) is 3. The van der Waals surface area contributed by atoms with E-state index in [0.717, 1.165) is 5.69 Å². The van der Waals surface area contributed by atoms with Gasteiger partial charge in [-0.15, -0.1) is 0 Å². The highest BCUT2D eigenvalue weighted by Crippen LogP contribution is 2.34. The molecule has 0 aliphatic carbocycles. The minimum absolute atomic E-state index is 0.0146. The number of nitrogens with zero attached hydrogens (tertiary/aromatic N) is 3. The van der Waals surface area contributed by atoms with Gasteiger partial charge >= 0.3 is 5.97 Å². The lowest BCUT2D eigenvalue weighted by molar-refractivity contribution is 0.0517. The molecule has 0 amide bonds. The summed E-state index contributed by atoms with van der Waals surface area (Å²) >= 11 is 0. The van der Waals surface area contributed by atoms with E-state index < -0.39 is 16.0 Å². The van der Waals surface area contributed by atoms with E-state index in [1.807, 2.05) is 4.68 Å². The fraction of sp³-hybridized carbons (Fsp3) is 0.565. The minimum Gasteiger partial charge on any atom is -0.493 e. The molecule has 1 aliphatic heterocycles. The Morgan fingerprint density at radius 3 is 2.27 bits per heavy atom. The molecule has 2 aromatic rings. The van der Waals surface area contributed by atoms with Gasteiger partial charge in [-0.05, 0) is 38.0 Å². The summed E-state index contributed by atoms with van der Waals surface area (Å²) in [6, 6.07) is 6.37. The maximum atomic E-state index is 13.2. The molecule has 1 aromatic carbocycles. The van der Waals surface area contributed by atoms with Crippen molar-refractivity contribution in [1.29, 1.82) is 0 Å². The Kier molecular flexibility index (Phi) is 7.38. The maximum absolute atomic E-state index is 13.2. The Morgan fingerprint density at radius 2 is 1.73 bits per heavy atom. The molecule has 10 heteroatoms. The molecule has 1 aromatic heterocycles. The van der Waals surface area contributed by atoms with Gasteiger partial charge in [0.05, 0.1) is 31.8 Å². The molecular formula is C23H33N3O6S. The van der Waals surface area contributed by atoms with Crippen LogP contribution in [-0.2, 0) is 20.2 Å². The first kappa shape index (κ1) is 25.0. The molecular weight excluding hydrogens is 446 g/mol. The van der Waals surface area contributed by atoms with E-state index in [0.29, 0.717) is 37.4 Å². The number of hydrogen-bond donors (Lipinski definition) is 0. The van der Waals surface area contributed by atoms with Gasteiger partial charge in [-0.1, -0.05) is 20.8 Å². The summed E-state index contributed by atoms with van der Waals surface area (Å²) in [7, 11) is -0.707. The number of esters is 1. The number of aromatic nitrogens is 2. The molecule has 33 heavy (non-hydrogen) atoms. The molecule has 1 aliphatic rings. The van der Waals surface area contributed by atoms with Gasteiger partial charge in [0.2, 0.25) is 10.0 Å². The lowest BCUT2D eigenvalue weighted by Crippen LogP contribution is -2.40. The fourth-order valence-electron chi connectivity index (χ4n) is 3.99. The van der Waals surface area contributed by atoms with Crippen LogP contribution in [0.5, 0.6) is 11.5 Å². The second-order valence-corrected chi connectivity index (χ2v) is 10.9. The number of carbonyl (C=O) groups excluding carboxylic acids is 1. The molecule has 182 valence electrons. The molecule has 3 rings (SSSR count). The number of methoxy groups -OCH3 is 2. The van der Waals surface area contributed by atoms with Gasteiger partial charge in [0.1, 0.15) is 0 Å². The first-order valence-electron chi connectivity index (χ1n) is 11.0. The van der Waals surface area contributed by atoms with E-state index >= 15 is 0 Å². The summed E-state index contributed by atoms with van der Waals surface area (Å²) in [6.45, 7) is 8.92. The van der Waals surface area contributed by atoms with Crippen molar-refractivity contribution in [2.24, 2.45) is 0 Å². The summed E-state index contributed by atoms with van der Waals surface area (Å²) in [5.74, 6) is 0.391. The molecule has 0 radical (unpaired) electrons. The highest BCUT2D eigenvalue weighted by atomic mass is 32.2. The number of benzene rings is 1. The Labute approximate surface area is 195 Å². The third kappa shape index (κ3) is 5.16. The Balaban J connectivity index is 1.81. The predicted molar refractivity (Wildman–Crippen MR) is 123 cm³/mol. The standard InChI is InChI=1S/C23H33N3O6S/c1-7-32-22(27)18-15-21(23(2,3)4)26(24-18)16-10-12-25(13-11-16)33(28,29)17-8-9-19(30-5)20(14-17)31-6/h8-9,14-16H,7,10-13H2,1-6H3. The zero-order chi connectivity index (χ0) is 24.4. The van der Waals surface area contributed by atoms with Gasteiger partial charge in [-0.2, -0.15) is 9.40 Å². The van der Waals surface area contributed by atoms with Crippen LogP contribution < -0.4 is 9.47 Å². The summed E-state index contributed by atoms with van der Waals surface area (Å²) in [4.78, 5) is 12.4. The average Bonchev–Trinajstić information content (AvgIpc) is 3.25. The number of hydrogen-bond acceptors (Lipinski definition) is 7. The van der Waals surface area contributed by atoms with Gasteiger partial charge in [0.15, 0.2) is 17.2 Å². The first-order valence-corrected chi connectivity index (χ1v) is 12.5. The first-order chi connectivity index (χ1) is 15.5. The van der Waals surface area contributed by atoms with Crippen LogP contribution in [0, 0.1) is 0 Å². The van der Waals surface area contributed by atoms with Crippen molar-refractivity contribution in [3.05, 3.63) is 35.7 Å². The summed E-state index contributed by atoms with van der Waals surface area (Å²) < 4.78 is 45.4. The normalized spacial score (nSPS) is 15.9.